The van der Waals surface area contributed by atoms with Crippen molar-refractivity contribution in [1.29, 1.82) is 0 Å². The van der Waals surface area contributed by atoms with Crippen molar-refractivity contribution in [3.63, 3.8) is 0 Å². The molecule has 0 fully saturated rings. The maximum atomic E-state index is 10.2. The van der Waals surface area contributed by atoms with Crippen LogP contribution >= 0.6 is 0 Å². The Balaban J connectivity index is 2.28. The normalized spacial score (nSPS) is 11.6. The molecule has 0 aliphatic rings. The van der Waals surface area contributed by atoms with E-state index in [4.69, 9.17) is 0 Å². The molecule has 7 heteroatoms. The summed E-state index contributed by atoms with van der Waals surface area (Å²) in [6.45, 7) is 0. The molecule has 7 nitrogen and oxygen atoms in total. The summed E-state index contributed by atoms with van der Waals surface area (Å²) in [5.74, 6) is 0.394. The lowest BCUT2D eigenvalue weighted by atomic mass is 10.1. The van der Waals surface area contributed by atoms with Crippen LogP contribution in [0.4, 0.5) is 0 Å². The van der Waals surface area contributed by atoms with Crippen molar-refractivity contribution in [3.8, 4) is 5.75 Å². The number of phenols is 1. The van der Waals surface area contributed by atoms with Crippen molar-refractivity contribution in [3.05, 3.63) is 30.3 Å². The van der Waals surface area contributed by atoms with Gasteiger partial charge in [0.05, 0.1) is 5.52 Å². The van der Waals surface area contributed by atoms with Gasteiger partial charge in [0.2, 0.25) is 0 Å². The van der Waals surface area contributed by atoms with Crippen molar-refractivity contribution in [1.82, 2.24) is 30.2 Å². The Labute approximate surface area is 99.7 Å². The predicted molar refractivity (Wildman–Crippen MR) is 63.0 cm³/mol. The predicted octanol–water partition coefficient (Wildman–Crippen LogP) is 0.926. The van der Waals surface area contributed by atoms with E-state index in [-0.39, 0.29) is 5.75 Å². The Kier molecular flexibility index (Phi) is 1.59. The van der Waals surface area contributed by atoms with Gasteiger partial charge in [-0.2, -0.15) is 0 Å². The molecule has 4 aromatic rings. The molecule has 86 valence electrons. The average molecular weight is 238 g/mol. The first-order valence-corrected chi connectivity index (χ1v) is 5.30. The highest BCUT2D eigenvalue weighted by atomic mass is 16.3. The second-order valence-corrected chi connectivity index (χ2v) is 3.89. The third kappa shape index (κ3) is 1.10. The molecule has 0 aliphatic heterocycles. The lowest BCUT2D eigenvalue weighted by Gasteiger charge is -2.04. The van der Waals surface area contributed by atoms with E-state index in [1.807, 2.05) is 30.3 Å². The fraction of sp³-hybridized carbons (Fsp3) is 0. The number of phenolic OH excluding ortho intramolecular Hbond substituents is 1. The molecule has 0 saturated carbocycles. The van der Waals surface area contributed by atoms with Crippen molar-refractivity contribution in [2.75, 3.05) is 0 Å². The number of aromatic nitrogens is 6. The number of nitrogens with zero attached hydrogens (tertiary/aromatic N) is 6. The first-order valence-electron chi connectivity index (χ1n) is 5.30. The highest BCUT2D eigenvalue weighted by Gasteiger charge is 2.11. The van der Waals surface area contributed by atoms with Crippen LogP contribution < -0.4 is 0 Å². The van der Waals surface area contributed by atoms with E-state index in [0.717, 1.165) is 10.8 Å². The second kappa shape index (κ2) is 3.10. The van der Waals surface area contributed by atoms with Gasteiger partial charge in [-0.05, 0) is 21.9 Å². The number of aromatic hydroxyl groups is 1. The van der Waals surface area contributed by atoms with Crippen LogP contribution in [0.25, 0.3) is 27.6 Å². The standard InChI is InChI=1S/C11H6N6O/c18-10-7-4-2-1-3-6(7)5-8-9(10)14-17-11(12-8)13-15-16-17/h1-5,18H. The first kappa shape index (κ1) is 9.23. The van der Waals surface area contributed by atoms with Crippen LogP contribution in [-0.4, -0.2) is 35.3 Å². The number of hydrogen-bond donors (Lipinski definition) is 1. The van der Waals surface area contributed by atoms with E-state index in [9.17, 15) is 5.11 Å². The molecule has 2 aromatic carbocycles. The van der Waals surface area contributed by atoms with Crippen molar-refractivity contribution < 1.29 is 5.11 Å². The van der Waals surface area contributed by atoms with E-state index in [2.05, 4.69) is 25.6 Å². The minimum absolute atomic E-state index is 0.0907. The molecule has 0 radical (unpaired) electrons. The quantitative estimate of drug-likeness (QED) is 0.458. The van der Waals surface area contributed by atoms with E-state index in [0.29, 0.717) is 16.8 Å². The molecule has 0 unspecified atom stereocenters. The van der Waals surface area contributed by atoms with E-state index in [1.54, 1.807) is 0 Å². The molecular weight excluding hydrogens is 232 g/mol. The van der Waals surface area contributed by atoms with Crippen molar-refractivity contribution in [2.45, 2.75) is 0 Å². The fourth-order valence-electron chi connectivity index (χ4n) is 2.00. The smallest absolute Gasteiger partial charge is 0.291 e. The number of fused-ring (bicyclic) bond motifs is 3. The minimum Gasteiger partial charge on any atom is -0.505 e. The maximum Gasteiger partial charge on any atom is 0.291 e. The Hall–Kier alpha value is -2.83. The van der Waals surface area contributed by atoms with Gasteiger partial charge in [0.15, 0.2) is 11.3 Å². The molecule has 2 heterocycles. The zero-order chi connectivity index (χ0) is 12.1. The van der Waals surface area contributed by atoms with Gasteiger partial charge in [-0.3, -0.25) is 0 Å². The molecule has 0 atom stereocenters. The van der Waals surface area contributed by atoms with Crippen molar-refractivity contribution >= 4 is 27.6 Å². The largest absolute Gasteiger partial charge is 0.505 e. The van der Waals surface area contributed by atoms with Gasteiger partial charge in [0.25, 0.3) is 5.78 Å². The van der Waals surface area contributed by atoms with Gasteiger partial charge < -0.3 is 5.11 Å². The van der Waals surface area contributed by atoms with E-state index < -0.39 is 0 Å². The van der Waals surface area contributed by atoms with Crippen LogP contribution in [0.3, 0.4) is 0 Å². The van der Waals surface area contributed by atoms with E-state index >= 15 is 0 Å². The Morgan fingerprint density at radius 3 is 3.00 bits per heavy atom. The van der Waals surface area contributed by atoms with Crippen LogP contribution in [0.15, 0.2) is 30.3 Å². The molecule has 0 amide bonds. The summed E-state index contributed by atoms with van der Waals surface area (Å²) in [5.41, 5.74) is 0.946. The van der Waals surface area contributed by atoms with Gasteiger partial charge in [0.1, 0.15) is 0 Å². The summed E-state index contributed by atoms with van der Waals surface area (Å²) in [6.07, 6.45) is 0. The molecule has 0 spiro atoms. The number of tetrazole rings is 1. The van der Waals surface area contributed by atoms with Crippen LogP contribution in [0.5, 0.6) is 5.75 Å². The van der Waals surface area contributed by atoms with Gasteiger partial charge in [-0.1, -0.05) is 34.0 Å². The Morgan fingerprint density at radius 2 is 2.06 bits per heavy atom. The summed E-state index contributed by atoms with van der Waals surface area (Å²) in [7, 11) is 0. The summed E-state index contributed by atoms with van der Waals surface area (Å²) in [5, 5.41) is 26.9. The zero-order valence-corrected chi connectivity index (χ0v) is 9.02. The molecule has 0 saturated heterocycles. The number of hydrogen-bond acceptors (Lipinski definition) is 6. The molecular formula is C11H6N6O. The average Bonchev–Trinajstić information content (AvgIpc) is 2.84. The molecule has 0 bridgehead atoms. The summed E-state index contributed by atoms with van der Waals surface area (Å²) in [6, 6.07) is 9.35. The molecule has 1 N–H and O–H groups in total. The number of benzene rings is 2. The fourth-order valence-corrected chi connectivity index (χ4v) is 2.00. The van der Waals surface area contributed by atoms with Gasteiger partial charge >= 0.3 is 0 Å². The molecule has 2 aromatic heterocycles. The van der Waals surface area contributed by atoms with Crippen LogP contribution in [-0.2, 0) is 0 Å². The monoisotopic (exact) mass is 238 g/mol. The third-order valence-electron chi connectivity index (χ3n) is 2.83. The molecule has 18 heavy (non-hydrogen) atoms. The topological polar surface area (TPSA) is 89.1 Å². The lowest BCUT2D eigenvalue weighted by Crippen LogP contribution is -1.98. The first-order chi connectivity index (χ1) is 8.83. The van der Waals surface area contributed by atoms with Gasteiger partial charge in [-0.15, -0.1) is 5.10 Å². The van der Waals surface area contributed by atoms with Crippen molar-refractivity contribution in [2.24, 2.45) is 0 Å². The number of rotatable bonds is 0. The minimum atomic E-state index is 0.0907. The van der Waals surface area contributed by atoms with Crippen LogP contribution in [0.2, 0.25) is 0 Å². The zero-order valence-electron chi connectivity index (χ0n) is 9.02. The van der Waals surface area contributed by atoms with Gasteiger partial charge in [0, 0.05) is 5.39 Å². The second-order valence-electron chi connectivity index (χ2n) is 3.89. The molecule has 4 rings (SSSR count). The van der Waals surface area contributed by atoms with E-state index in [1.165, 1.54) is 4.63 Å². The van der Waals surface area contributed by atoms with Gasteiger partial charge in [-0.25, -0.2) is 4.98 Å². The Bertz CT molecular complexity index is 900. The highest BCUT2D eigenvalue weighted by molar-refractivity contribution is 6.01. The van der Waals surface area contributed by atoms with Crippen LogP contribution in [0.1, 0.15) is 0 Å². The highest BCUT2D eigenvalue weighted by Crippen LogP contribution is 2.31. The van der Waals surface area contributed by atoms with Crippen LogP contribution in [0, 0.1) is 0 Å². The maximum absolute atomic E-state index is 10.2. The SMILES string of the molecule is Oc1c2ccccc2cc2nc3nnnn3nc12. The summed E-state index contributed by atoms with van der Waals surface area (Å²) in [4.78, 5) is 4.25. The Morgan fingerprint density at radius 1 is 1.17 bits per heavy atom. The third-order valence-corrected chi connectivity index (χ3v) is 2.83. The summed E-state index contributed by atoms with van der Waals surface area (Å²) < 4.78 is 1.19. The molecule has 0 aliphatic carbocycles. The lowest BCUT2D eigenvalue weighted by molar-refractivity contribution is 0.485. The summed E-state index contributed by atoms with van der Waals surface area (Å²) >= 11 is 0.